The number of carbonyl (C=O) groups is 1. The SMILES string of the molecule is Cc1ccc(C2c3cccn3-c3c(c(C)nn3-c3ccccc3)CN2C(=O)Nc2ccc(C)c(F)c2)cc1. The summed E-state index contributed by atoms with van der Waals surface area (Å²) in [6.45, 7) is 6.04. The van der Waals surface area contributed by atoms with E-state index in [4.69, 9.17) is 5.10 Å². The van der Waals surface area contributed by atoms with Gasteiger partial charge >= 0.3 is 6.03 Å². The molecule has 3 heterocycles. The van der Waals surface area contributed by atoms with Gasteiger partial charge in [-0.15, -0.1) is 0 Å². The minimum atomic E-state index is -0.378. The van der Waals surface area contributed by atoms with Gasteiger partial charge in [0.15, 0.2) is 0 Å². The van der Waals surface area contributed by atoms with E-state index >= 15 is 0 Å². The van der Waals surface area contributed by atoms with Gasteiger partial charge in [0.25, 0.3) is 0 Å². The third kappa shape index (κ3) is 4.06. The number of amides is 2. The van der Waals surface area contributed by atoms with Crippen molar-refractivity contribution in [3.05, 3.63) is 131 Å². The van der Waals surface area contributed by atoms with Crippen molar-refractivity contribution in [2.75, 3.05) is 5.32 Å². The molecule has 38 heavy (non-hydrogen) atoms. The highest BCUT2D eigenvalue weighted by atomic mass is 19.1. The van der Waals surface area contributed by atoms with E-state index in [1.54, 1.807) is 19.1 Å². The lowest BCUT2D eigenvalue weighted by molar-refractivity contribution is 0.194. The summed E-state index contributed by atoms with van der Waals surface area (Å²) in [5.41, 5.74) is 6.74. The second-order valence-corrected chi connectivity index (χ2v) is 9.77. The van der Waals surface area contributed by atoms with Crippen LogP contribution in [0.15, 0.2) is 91.1 Å². The van der Waals surface area contributed by atoms with Crippen LogP contribution in [0, 0.1) is 26.6 Å². The van der Waals surface area contributed by atoms with Crippen molar-refractivity contribution in [3.63, 3.8) is 0 Å². The van der Waals surface area contributed by atoms with Crippen LogP contribution in [-0.2, 0) is 6.54 Å². The second kappa shape index (κ2) is 9.34. The van der Waals surface area contributed by atoms with Gasteiger partial charge in [0.2, 0.25) is 0 Å². The first kappa shape index (κ1) is 23.7. The van der Waals surface area contributed by atoms with Gasteiger partial charge in [-0.25, -0.2) is 13.9 Å². The number of carbonyl (C=O) groups excluding carboxylic acids is 1. The molecule has 1 unspecified atom stereocenters. The Labute approximate surface area is 221 Å². The molecule has 1 N–H and O–H groups in total. The first-order valence-corrected chi connectivity index (χ1v) is 12.6. The van der Waals surface area contributed by atoms with Crippen molar-refractivity contribution in [1.82, 2.24) is 19.2 Å². The molecule has 190 valence electrons. The Bertz CT molecular complexity index is 1640. The highest BCUT2D eigenvalue weighted by Gasteiger charge is 2.36. The molecule has 0 fully saturated rings. The van der Waals surface area contributed by atoms with Crippen molar-refractivity contribution in [3.8, 4) is 11.5 Å². The maximum absolute atomic E-state index is 14.3. The lowest BCUT2D eigenvalue weighted by atomic mass is 10.0. The van der Waals surface area contributed by atoms with Crippen LogP contribution in [0.25, 0.3) is 11.5 Å². The number of fused-ring (bicyclic) bond motifs is 3. The number of rotatable bonds is 3. The minimum absolute atomic E-state index is 0.314. The van der Waals surface area contributed by atoms with Gasteiger partial charge in [0.1, 0.15) is 11.6 Å². The normalized spacial score (nSPS) is 14.5. The van der Waals surface area contributed by atoms with Crippen molar-refractivity contribution >= 4 is 11.7 Å². The number of halogens is 1. The van der Waals surface area contributed by atoms with Crippen LogP contribution >= 0.6 is 0 Å². The Balaban J connectivity index is 1.52. The highest BCUT2D eigenvalue weighted by Crippen LogP contribution is 2.38. The van der Waals surface area contributed by atoms with Crippen molar-refractivity contribution in [1.29, 1.82) is 0 Å². The highest BCUT2D eigenvalue weighted by molar-refractivity contribution is 5.90. The van der Waals surface area contributed by atoms with Gasteiger partial charge in [-0.05, 0) is 68.3 Å². The Morgan fingerprint density at radius 2 is 1.71 bits per heavy atom. The molecule has 1 atom stereocenters. The van der Waals surface area contributed by atoms with Gasteiger partial charge in [-0.1, -0.05) is 54.1 Å². The van der Waals surface area contributed by atoms with E-state index in [0.717, 1.165) is 39.6 Å². The average molecular weight is 506 g/mol. The third-order valence-electron chi connectivity index (χ3n) is 7.16. The zero-order valence-corrected chi connectivity index (χ0v) is 21.5. The van der Waals surface area contributed by atoms with Crippen molar-refractivity contribution in [2.45, 2.75) is 33.4 Å². The van der Waals surface area contributed by atoms with Crippen LogP contribution in [0.2, 0.25) is 0 Å². The molecular weight excluding hydrogens is 477 g/mol. The maximum Gasteiger partial charge on any atom is 0.322 e. The molecule has 3 aromatic carbocycles. The van der Waals surface area contributed by atoms with E-state index in [9.17, 15) is 9.18 Å². The molecule has 6 nitrogen and oxygen atoms in total. The van der Waals surface area contributed by atoms with Crippen molar-refractivity contribution < 1.29 is 9.18 Å². The van der Waals surface area contributed by atoms with Crippen LogP contribution in [0.4, 0.5) is 14.9 Å². The topological polar surface area (TPSA) is 55.1 Å². The molecule has 2 amide bonds. The number of aryl methyl sites for hydroxylation is 3. The van der Waals surface area contributed by atoms with Gasteiger partial charge < -0.3 is 14.8 Å². The molecule has 0 spiro atoms. The van der Waals surface area contributed by atoms with Gasteiger partial charge in [-0.2, -0.15) is 5.10 Å². The van der Waals surface area contributed by atoms with E-state index < -0.39 is 0 Å². The molecular formula is C31H28FN5O. The summed E-state index contributed by atoms with van der Waals surface area (Å²) in [6, 6.07) is 26.3. The fourth-order valence-corrected chi connectivity index (χ4v) is 5.11. The summed E-state index contributed by atoms with van der Waals surface area (Å²) in [5, 5.41) is 7.82. The fraction of sp³-hybridized carbons (Fsp3) is 0.161. The largest absolute Gasteiger partial charge is 0.322 e. The van der Waals surface area contributed by atoms with Crippen LogP contribution in [0.5, 0.6) is 0 Å². The van der Waals surface area contributed by atoms with Crippen LogP contribution in [0.1, 0.15) is 39.7 Å². The molecule has 0 aliphatic carbocycles. The average Bonchev–Trinajstić information content (AvgIpc) is 3.48. The Morgan fingerprint density at radius 1 is 0.947 bits per heavy atom. The maximum atomic E-state index is 14.3. The monoisotopic (exact) mass is 505 g/mol. The zero-order valence-electron chi connectivity index (χ0n) is 21.5. The Morgan fingerprint density at radius 3 is 2.45 bits per heavy atom. The lowest BCUT2D eigenvalue weighted by Crippen LogP contribution is -2.38. The molecule has 5 aromatic rings. The standard InChI is InChI=1S/C31H28FN5O/c1-20-11-14-23(15-12-20)29-28-10-7-17-35(28)30-26(22(3)34-37(30)25-8-5-4-6-9-25)19-36(29)31(38)33-24-16-13-21(2)27(32)18-24/h4-18,29H,19H2,1-3H3,(H,33,38). The predicted octanol–water partition coefficient (Wildman–Crippen LogP) is 6.86. The molecule has 1 aliphatic heterocycles. The molecule has 6 rings (SSSR count). The summed E-state index contributed by atoms with van der Waals surface area (Å²) >= 11 is 0. The third-order valence-corrected chi connectivity index (χ3v) is 7.16. The number of hydrogen-bond donors (Lipinski definition) is 1. The van der Waals surface area contributed by atoms with Gasteiger partial charge in [0, 0.05) is 17.4 Å². The van der Waals surface area contributed by atoms with Gasteiger partial charge in [-0.3, -0.25) is 0 Å². The fourth-order valence-electron chi connectivity index (χ4n) is 5.11. The van der Waals surface area contributed by atoms with Crippen molar-refractivity contribution in [2.24, 2.45) is 0 Å². The number of aromatic nitrogens is 3. The Kier molecular flexibility index (Phi) is 5.83. The lowest BCUT2D eigenvalue weighted by Gasteiger charge is -2.31. The molecule has 0 saturated heterocycles. The predicted molar refractivity (Wildman–Crippen MR) is 146 cm³/mol. The quantitative estimate of drug-likeness (QED) is 0.291. The van der Waals surface area contributed by atoms with E-state index in [1.165, 1.54) is 6.07 Å². The summed E-state index contributed by atoms with van der Waals surface area (Å²) in [6.07, 6.45) is 2.02. The minimum Gasteiger partial charge on any atom is -0.308 e. The number of nitrogens with zero attached hydrogens (tertiary/aromatic N) is 4. The summed E-state index contributed by atoms with van der Waals surface area (Å²) in [4.78, 5) is 15.8. The van der Waals surface area contributed by atoms with Gasteiger partial charge in [0.05, 0.1) is 29.7 Å². The van der Waals surface area contributed by atoms with E-state index in [0.29, 0.717) is 17.8 Å². The van der Waals surface area contributed by atoms with Crippen LogP contribution in [0.3, 0.4) is 0 Å². The molecule has 2 aromatic heterocycles. The second-order valence-electron chi connectivity index (χ2n) is 9.77. The smallest absolute Gasteiger partial charge is 0.308 e. The Hall–Kier alpha value is -4.65. The van der Waals surface area contributed by atoms with E-state index in [2.05, 4.69) is 34.1 Å². The molecule has 0 bridgehead atoms. The van der Waals surface area contributed by atoms with E-state index in [-0.39, 0.29) is 17.9 Å². The number of nitrogens with one attached hydrogen (secondary N) is 1. The molecule has 1 aliphatic rings. The first-order chi connectivity index (χ1) is 18.4. The number of anilines is 1. The van der Waals surface area contributed by atoms with Crippen LogP contribution < -0.4 is 5.32 Å². The summed E-state index contributed by atoms with van der Waals surface area (Å²) in [5.74, 6) is 0.549. The number of para-hydroxylation sites is 1. The molecule has 0 radical (unpaired) electrons. The number of hydrogen-bond acceptors (Lipinski definition) is 2. The molecule has 7 heteroatoms. The number of benzene rings is 3. The van der Waals surface area contributed by atoms with E-state index in [1.807, 2.05) is 72.1 Å². The zero-order chi connectivity index (χ0) is 26.4. The number of urea groups is 1. The summed E-state index contributed by atoms with van der Waals surface area (Å²) < 4.78 is 18.4. The first-order valence-electron chi connectivity index (χ1n) is 12.6. The molecule has 0 saturated carbocycles. The summed E-state index contributed by atoms with van der Waals surface area (Å²) in [7, 11) is 0. The van der Waals surface area contributed by atoms with Crippen LogP contribution in [-0.4, -0.2) is 25.3 Å².